The van der Waals surface area contributed by atoms with E-state index in [2.05, 4.69) is 40.5 Å². The second-order valence-corrected chi connectivity index (χ2v) is 6.79. The molecule has 8 heteroatoms. The lowest BCUT2D eigenvalue weighted by Crippen LogP contribution is -2.46. The van der Waals surface area contributed by atoms with E-state index < -0.39 is 0 Å². The molecular weight excluding hydrogens is 334 g/mol. The first kappa shape index (κ1) is 16.0. The highest BCUT2D eigenvalue weighted by Gasteiger charge is 2.21. The Morgan fingerprint density at radius 1 is 1.08 bits per heavy atom. The van der Waals surface area contributed by atoms with E-state index >= 15 is 0 Å². The molecule has 0 aliphatic carbocycles. The van der Waals surface area contributed by atoms with E-state index in [1.807, 2.05) is 12.1 Å². The molecule has 3 aromatic heterocycles. The second-order valence-electron chi connectivity index (χ2n) is 5.93. The summed E-state index contributed by atoms with van der Waals surface area (Å²) >= 11 is 1.58. The van der Waals surface area contributed by atoms with E-state index in [-0.39, 0.29) is 0 Å². The Morgan fingerprint density at radius 2 is 1.84 bits per heavy atom. The summed E-state index contributed by atoms with van der Waals surface area (Å²) in [7, 11) is 0. The molecule has 0 aromatic carbocycles. The molecular formula is C17H19N7S. The van der Waals surface area contributed by atoms with Crippen LogP contribution in [0, 0.1) is 0 Å². The summed E-state index contributed by atoms with van der Waals surface area (Å²) in [6.45, 7) is 2.68. The smallest absolute Gasteiger partial charge is 0.225 e. The van der Waals surface area contributed by atoms with E-state index in [0.29, 0.717) is 11.9 Å². The zero-order valence-corrected chi connectivity index (χ0v) is 14.6. The maximum Gasteiger partial charge on any atom is 0.225 e. The predicted molar refractivity (Wildman–Crippen MR) is 97.2 cm³/mol. The lowest BCUT2D eigenvalue weighted by Gasteiger charge is -2.33. The van der Waals surface area contributed by atoms with Gasteiger partial charge in [0, 0.05) is 55.8 Å². The first-order chi connectivity index (χ1) is 12.4. The third kappa shape index (κ3) is 3.97. The number of piperidine rings is 1. The monoisotopic (exact) mass is 353 g/mol. The van der Waals surface area contributed by atoms with Crippen molar-refractivity contribution in [3.05, 3.63) is 48.0 Å². The van der Waals surface area contributed by atoms with E-state index in [4.69, 9.17) is 0 Å². The Labute approximate surface area is 150 Å². The molecule has 1 aliphatic heterocycles. The molecule has 1 aliphatic rings. The molecule has 25 heavy (non-hydrogen) atoms. The Balaban J connectivity index is 1.35. The van der Waals surface area contributed by atoms with Gasteiger partial charge in [0.1, 0.15) is 0 Å². The van der Waals surface area contributed by atoms with Crippen molar-refractivity contribution in [1.82, 2.24) is 30.2 Å². The topological polar surface area (TPSA) is 79.7 Å². The van der Waals surface area contributed by atoms with Crippen LogP contribution in [0.15, 0.2) is 42.3 Å². The fourth-order valence-corrected chi connectivity index (χ4v) is 3.69. The zero-order chi connectivity index (χ0) is 16.9. The van der Waals surface area contributed by atoms with Gasteiger partial charge < -0.3 is 10.2 Å². The van der Waals surface area contributed by atoms with Crippen LogP contribution in [0.4, 0.5) is 5.95 Å². The molecule has 0 amide bonds. The van der Waals surface area contributed by atoms with Crippen molar-refractivity contribution in [2.75, 3.05) is 18.0 Å². The lowest BCUT2D eigenvalue weighted by molar-refractivity contribution is 0.416. The highest BCUT2D eigenvalue weighted by Crippen LogP contribution is 2.20. The molecule has 0 saturated carbocycles. The van der Waals surface area contributed by atoms with Crippen LogP contribution >= 0.6 is 11.3 Å². The second kappa shape index (κ2) is 7.62. The number of hydrogen-bond donors (Lipinski definition) is 1. The van der Waals surface area contributed by atoms with Crippen LogP contribution in [0.2, 0.25) is 0 Å². The molecule has 3 aromatic rings. The normalized spacial score (nSPS) is 17.6. The Bertz CT molecular complexity index is 793. The van der Waals surface area contributed by atoms with Crippen molar-refractivity contribution in [2.45, 2.75) is 25.4 Å². The molecule has 1 N–H and O–H groups in total. The Hall–Kier alpha value is -2.45. The molecule has 0 radical (unpaired) electrons. The van der Waals surface area contributed by atoms with Crippen LogP contribution in [0.25, 0.3) is 10.8 Å². The van der Waals surface area contributed by atoms with Crippen molar-refractivity contribution in [2.24, 2.45) is 0 Å². The molecule has 0 unspecified atom stereocenters. The van der Waals surface area contributed by atoms with Crippen molar-refractivity contribution in [3.63, 3.8) is 0 Å². The number of aromatic nitrogens is 5. The van der Waals surface area contributed by atoms with Gasteiger partial charge in [0.05, 0.1) is 5.69 Å². The summed E-state index contributed by atoms with van der Waals surface area (Å²) in [5.74, 6) is 1.50. The maximum absolute atomic E-state index is 4.63. The largest absolute Gasteiger partial charge is 0.339 e. The first-order valence-corrected chi connectivity index (χ1v) is 9.23. The average molecular weight is 353 g/mol. The highest BCUT2D eigenvalue weighted by molar-refractivity contribution is 7.13. The minimum Gasteiger partial charge on any atom is -0.339 e. The quantitative estimate of drug-likeness (QED) is 0.753. The summed E-state index contributed by atoms with van der Waals surface area (Å²) in [6.07, 6.45) is 9.36. The number of anilines is 1. The predicted octanol–water partition coefficient (Wildman–Crippen LogP) is 2.15. The molecule has 1 saturated heterocycles. The molecule has 1 atom stereocenters. The van der Waals surface area contributed by atoms with Crippen molar-refractivity contribution in [3.8, 4) is 10.8 Å². The summed E-state index contributed by atoms with van der Waals surface area (Å²) in [5, 5.41) is 6.54. The van der Waals surface area contributed by atoms with Crippen LogP contribution in [-0.2, 0) is 6.54 Å². The van der Waals surface area contributed by atoms with Crippen LogP contribution in [-0.4, -0.2) is 44.1 Å². The highest BCUT2D eigenvalue weighted by atomic mass is 32.1. The number of thiazole rings is 1. The first-order valence-electron chi connectivity index (χ1n) is 8.35. The summed E-state index contributed by atoms with van der Waals surface area (Å²) in [4.78, 5) is 24.1. The lowest BCUT2D eigenvalue weighted by atomic mass is 10.1. The van der Waals surface area contributed by atoms with Crippen molar-refractivity contribution >= 4 is 17.3 Å². The van der Waals surface area contributed by atoms with Gasteiger partial charge in [-0.05, 0) is 25.0 Å². The van der Waals surface area contributed by atoms with E-state index in [1.54, 1.807) is 36.1 Å². The number of nitrogens with zero attached hydrogens (tertiary/aromatic N) is 6. The fourth-order valence-electron chi connectivity index (χ4n) is 2.93. The van der Waals surface area contributed by atoms with E-state index in [0.717, 1.165) is 49.1 Å². The zero-order valence-electron chi connectivity index (χ0n) is 13.7. The molecule has 4 heterocycles. The van der Waals surface area contributed by atoms with Crippen molar-refractivity contribution < 1.29 is 0 Å². The summed E-state index contributed by atoms with van der Waals surface area (Å²) in [5.41, 5.74) is 1.03. The van der Waals surface area contributed by atoms with Gasteiger partial charge in [0.25, 0.3) is 0 Å². The molecule has 0 spiro atoms. The van der Waals surface area contributed by atoms with Gasteiger partial charge in [-0.1, -0.05) is 0 Å². The van der Waals surface area contributed by atoms with Gasteiger partial charge in [0.2, 0.25) is 5.95 Å². The van der Waals surface area contributed by atoms with Gasteiger partial charge in [0.15, 0.2) is 10.8 Å². The third-order valence-electron chi connectivity index (χ3n) is 4.14. The van der Waals surface area contributed by atoms with Crippen LogP contribution in [0.5, 0.6) is 0 Å². The van der Waals surface area contributed by atoms with E-state index in [9.17, 15) is 0 Å². The molecule has 7 nitrogen and oxygen atoms in total. The SMILES string of the molecule is c1cnc(-c2nc(CN[C@H]3CCCN(c4ncccn4)C3)cs2)nc1. The minimum atomic E-state index is 0.413. The molecule has 0 bridgehead atoms. The number of hydrogen-bond acceptors (Lipinski definition) is 8. The Kier molecular flexibility index (Phi) is 4.89. The van der Waals surface area contributed by atoms with Gasteiger partial charge >= 0.3 is 0 Å². The van der Waals surface area contributed by atoms with E-state index in [1.165, 1.54) is 0 Å². The van der Waals surface area contributed by atoms with Crippen molar-refractivity contribution in [1.29, 1.82) is 0 Å². The van der Waals surface area contributed by atoms with Gasteiger partial charge in [-0.3, -0.25) is 0 Å². The number of nitrogens with one attached hydrogen (secondary N) is 1. The van der Waals surface area contributed by atoms with Gasteiger partial charge in [-0.25, -0.2) is 24.9 Å². The number of rotatable bonds is 5. The Morgan fingerprint density at radius 3 is 2.64 bits per heavy atom. The fraction of sp³-hybridized carbons (Fsp3) is 0.353. The van der Waals surface area contributed by atoms with Gasteiger partial charge in [-0.15, -0.1) is 11.3 Å². The van der Waals surface area contributed by atoms with Crippen LogP contribution in [0.3, 0.4) is 0 Å². The minimum absolute atomic E-state index is 0.413. The van der Waals surface area contributed by atoms with Gasteiger partial charge in [-0.2, -0.15) is 0 Å². The average Bonchev–Trinajstić information content (AvgIpc) is 3.17. The standard InChI is InChI=1S/C17H19N7S/c1-4-13(11-24(9-1)17-20-7-3-8-21-17)22-10-14-12-25-16(23-14)15-18-5-2-6-19-15/h2-3,5-8,12-13,22H,1,4,9-11H2/t13-/m0/s1. The molecule has 4 rings (SSSR count). The molecule has 1 fully saturated rings. The third-order valence-corrected chi connectivity index (χ3v) is 5.02. The molecule has 128 valence electrons. The summed E-state index contributed by atoms with van der Waals surface area (Å²) in [6, 6.07) is 4.07. The van der Waals surface area contributed by atoms with Crippen LogP contribution < -0.4 is 10.2 Å². The summed E-state index contributed by atoms with van der Waals surface area (Å²) < 4.78 is 0. The van der Waals surface area contributed by atoms with Crippen LogP contribution in [0.1, 0.15) is 18.5 Å². The maximum atomic E-state index is 4.63.